The van der Waals surface area contributed by atoms with Crippen LogP contribution in [0.4, 0.5) is 0 Å². The van der Waals surface area contributed by atoms with Gasteiger partial charge in [0, 0.05) is 17.8 Å². The summed E-state index contributed by atoms with van der Waals surface area (Å²) in [5.41, 5.74) is 1.95. The van der Waals surface area contributed by atoms with Gasteiger partial charge in [-0.2, -0.15) is 0 Å². The maximum absolute atomic E-state index is 13.2. The van der Waals surface area contributed by atoms with Gasteiger partial charge in [-0.25, -0.2) is 13.1 Å². The van der Waals surface area contributed by atoms with Gasteiger partial charge in [-0.05, 0) is 53.9 Å². The predicted molar refractivity (Wildman–Crippen MR) is 142 cm³/mol. The molecule has 0 aliphatic heterocycles. The Morgan fingerprint density at radius 3 is 2.31 bits per heavy atom. The van der Waals surface area contributed by atoms with Gasteiger partial charge in [-0.1, -0.05) is 83.0 Å². The van der Waals surface area contributed by atoms with Crippen molar-refractivity contribution >= 4 is 56.6 Å². The van der Waals surface area contributed by atoms with Gasteiger partial charge in [0.15, 0.2) is 11.0 Å². The minimum Gasteiger partial charge on any atom is -0.308 e. The van der Waals surface area contributed by atoms with Crippen molar-refractivity contribution in [2.75, 3.05) is 0 Å². The number of nitrogens with one attached hydrogen (secondary N) is 1. The quantitative estimate of drug-likeness (QED) is 0.239. The molecule has 1 N–H and O–H groups in total. The number of hydrogen-bond donors (Lipinski definition) is 1. The Kier molecular flexibility index (Phi) is 8.42. The first-order valence-electron chi connectivity index (χ1n) is 10.5. The normalized spacial score (nSPS) is 12.6. The van der Waals surface area contributed by atoms with Crippen molar-refractivity contribution in [1.29, 1.82) is 0 Å². The molecule has 11 heteroatoms. The molecule has 1 aromatic heterocycles. The molecule has 0 saturated heterocycles. The zero-order valence-electron chi connectivity index (χ0n) is 18.5. The Morgan fingerprint density at radius 1 is 0.914 bits per heavy atom. The summed E-state index contributed by atoms with van der Waals surface area (Å²) in [6.45, 7) is 0. The van der Waals surface area contributed by atoms with E-state index in [0.29, 0.717) is 38.2 Å². The minimum absolute atomic E-state index is 0.122. The molecule has 0 radical (unpaired) electrons. The summed E-state index contributed by atoms with van der Waals surface area (Å²) in [6, 6.07) is 20.5. The molecule has 0 aliphatic carbocycles. The molecule has 1 atom stereocenters. The lowest BCUT2D eigenvalue weighted by Gasteiger charge is -2.19. The van der Waals surface area contributed by atoms with E-state index in [4.69, 9.17) is 34.8 Å². The molecule has 0 saturated carbocycles. The van der Waals surface area contributed by atoms with E-state index in [1.807, 2.05) is 49.5 Å². The van der Waals surface area contributed by atoms with E-state index in [9.17, 15) is 8.42 Å². The van der Waals surface area contributed by atoms with Crippen molar-refractivity contribution in [3.63, 3.8) is 0 Å². The highest BCUT2D eigenvalue weighted by atomic mass is 35.5. The van der Waals surface area contributed by atoms with E-state index < -0.39 is 16.1 Å². The molecule has 0 fully saturated rings. The summed E-state index contributed by atoms with van der Waals surface area (Å²) in [7, 11) is -2.02. The molecule has 0 aliphatic rings. The molecule has 182 valence electrons. The van der Waals surface area contributed by atoms with Crippen LogP contribution in [0.2, 0.25) is 15.1 Å². The summed E-state index contributed by atoms with van der Waals surface area (Å²) in [5.74, 6) is 1.10. The van der Waals surface area contributed by atoms with Gasteiger partial charge in [0.1, 0.15) is 0 Å². The Hall–Kier alpha value is -2.07. The van der Waals surface area contributed by atoms with E-state index in [0.717, 1.165) is 11.1 Å². The third-order valence-corrected chi connectivity index (χ3v) is 8.81. The number of rotatable bonds is 9. The number of aromatic nitrogens is 3. The molecule has 0 bridgehead atoms. The SMILES string of the molecule is Cn1c(SCc2ccc(Cl)c(Cl)c2)nnc1[C@@H](Cc1ccccc1)NS(=O)(=O)c1ccc(Cl)cc1. The molecule has 35 heavy (non-hydrogen) atoms. The van der Waals surface area contributed by atoms with Crippen molar-refractivity contribution in [2.24, 2.45) is 7.05 Å². The van der Waals surface area contributed by atoms with Gasteiger partial charge < -0.3 is 4.57 Å². The van der Waals surface area contributed by atoms with Crippen molar-refractivity contribution in [2.45, 2.75) is 28.3 Å². The highest BCUT2D eigenvalue weighted by Gasteiger charge is 2.26. The van der Waals surface area contributed by atoms with Crippen molar-refractivity contribution in [3.8, 4) is 0 Å². The fourth-order valence-electron chi connectivity index (χ4n) is 3.44. The van der Waals surface area contributed by atoms with Crippen molar-refractivity contribution < 1.29 is 8.42 Å². The second kappa shape index (κ2) is 11.3. The van der Waals surface area contributed by atoms with Gasteiger partial charge in [-0.3, -0.25) is 0 Å². The highest BCUT2D eigenvalue weighted by Crippen LogP contribution is 2.29. The maximum atomic E-state index is 13.2. The van der Waals surface area contributed by atoms with Crippen LogP contribution < -0.4 is 4.72 Å². The maximum Gasteiger partial charge on any atom is 0.241 e. The molecule has 4 aromatic rings. The number of halogens is 3. The molecule has 0 spiro atoms. The lowest BCUT2D eigenvalue weighted by atomic mass is 10.1. The Labute approximate surface area is 223 Å². The Bertz CT molecular complexity index is 1410. The second-order valence-electron chi connectivity index (χ2n) is 7.75. The van der Waals surface area contributed by atoms with Crippen LogP contribution in [0, 0.1) is 0 Å². The van der Waals surface area contributed by atoms with E-state index in [1.165, 1.54) is 23.9 Å². The largest absolute Gasteiger partial charge is 0.308 e. The summed E-state index contributed by atoms with van der Waals surface area (Å²) in [6.07, 6.45) is 0.400. The zero-order chi connectivity index (χ0) is 25.0. The highest BCUT2D eigenvalue weighted by molar-refractivity contribution is 7.98. The standard InChI is InChI=1S/C24H21Cl3N4O2S2/c1-31-23(28-29-24(31)34-15-17-7-12-20(26)21(27)13-17)22(14-16-5-3-2-4-6-16)30-35(32,33)19-10-8-18(25)9-11-19/h2-13,22,30H,14-15H2,1H3/t22-/m1/s1. The van der Waals surface area contributed by atoms with Gasteiger partial charge in [0.05, 0.1) is 21.0 Å². The molecule has 6 nitrogen and oxygen atoms in total. The number of thioether (sulfide) groups is 1. The van der Waals surface area contributed by atoms with E-state index >= 15 is 0 Å². The fraction of sp³-hybridized carbons (Fsp3) is 0.167. The summed E-state index contributed by atoms with van der Waals surface area (Å²) in [5, 5.41) is 10.8. The monoisotopic (exact) mass is 566 g/mol. The average molecular weight is 568 g/mol. The number of benzene rings is 3. The fourth-order valence-corrected chi connectivity index (χ4v) is 5.94. The summed E-state index contributed by atoms with van der Waals surface area (Å²) < 4.78 is 30.9. The van der Waals surface area contributed by atoms with E-state index in [1.54, 1.807) is 22.8 Å². The molecule has 0 unspecified atom stereocenters. The van der Waals surface area contributed by atoms with Gasteiger partial charge in [0.2, 0.25) is 10.0 Å². The van der Waals surface area contributed by atoms with E-state index in [2.05, 4.69) is 14.9 Å². The Balaban J connectivity index is 1.60. The zero-order valence-corrected chi connectivity index (χ0v) is 22.4. The van der Waals surface area contributed by atoms with Gasteiger partial charge in [0.25, 0.3) is 0 Å². The molecular formula is C24H21Cl3N4O2S2. The Morgan fingerprint density at radius 2 is 1.63 bits per heavy atom. The second-order valence-corrected chi connectivity index (χ2v) is 11.7. The van der Waals surface area contributed by atoms with Crippen LogP contribution in [0.15, 0.2) is 82.8 Å². The first kappa shape index (κ1) is 26.0. The molecule has 3 aromatic carbocycles. The van der Waals surface area contributed by atoms with Crippen LogP contribution in [-0.4, -0.2) is 23.2 Å². The van der Waals surface area contributed by atoms with Crippen LogP contribution in [-0.2, 0) is 29.2 Å². The van der Waals surface area contributed by atoms with Crippen LogP contribution in [0.1, 0.15) is 23.0 Å². The van der Waals surface area contributed by atoms with Crippen LogP contribution in [0.5, 0.6) is 0 Å². The average Bonchev–Trinajstić information content (AvgIpc) is 3.20. The van der Waals surface area contributed by atoms with Gasteiger partial charge >= 0.3 is 0 Å². The molecule has 0 amide bonds. The molecule has 4 rings (SSSR count). The summed E-state index contributed by atoms with van der Waals surface area (Å²) >= 11 is 19.5. The third-order valence-electron chi connectivity index (χ3n) is 5.24. The van der Waals surface area contributed by atoms with E-state index in [-0.39, 0.29) is 4.90 Å². The summed E-state index contributed by atoms with van der Waals surface area (Å²) in [4.78, 5) is 0.122. The first-order chi connectivity index (χ1) is 16.7. The number of hydrogen-bond acceptors (Lipinski definition) is 5. The van der Waals surface area contributed by atoms with Crippen LogP contribution >= 0.6 is 46.6 Å². The lowest BCUT2D eigenvalue weighted by molar-refractivity contribution is 0.530. The number of nitrogens with zero attached hydrogens (tertiary/aromatic N) is 3. The molecular weight excluding hydrogens is 547 g/mol. The smallest absolute Gasteiger partial charge is 0.241 e. The first-order valence-corrected chi connectivity index (χ1v) is 14.1. The van der Waals surface area contributed by atoms with Crippen LogP contribution in [0.3, 0.4) is 0 Å². The van der Waals surface area contributed by atoms with Gasteiger partial charge in [-0.15, -0.1) is 10.2 Å². The third kappa shape index (κ3) is 6.58. The molecule has 1 heterocycles. The lowest BCUT2D eigenvalue weighted by Crippen LogP contribution is -2.32. The topological polar surface area (TPSA) is 76.9 Å². The van der Waals surface area contributed by atoms with Crippen molar-refractivity contribution in [1.82, 2.24) is 19.5 Å². The van der Waals surface area contributed by atoms with Crippen LogP contribution in [0.25, 0.3) is 0 Å². The number of sulfonamides is 1. The predicted octanol–water partition coefficient (Wildman–Crippen LogP) is 6.33. The minimum atomic E-state index is -3.84. The van der Waals surface area contributed by atoms with Crippen molar-refractivity contribution in [3.05, 3.63) is 105 Å².